The van der Waals surface area contributed by atoms with E-state index in [0.29, 0.717) is 31.1 Å². The fourth-order valence-corrected chi connectivity index (χ4v) is 6.45. The molecule has 2 atom stereocenters. The Morgan fingerprint density at radius 1 is 0.809 bits per heavy atom. The summed E-state index contributed by atoms with van der Waals surface area (Å²) in [6.07, 6.45) is 4.25. The molecule has 5 aromatic carbocycles. The molecule has 234 valence electrons. The Morgan fingerprint density at radius 3 is 2.09 bits per heavy atom. The van der Waals surface area contributed by atoms with E-state index in [0.717, 1.165) is 38.9 Å². The highest BCUT2D eigenvalue weighted by Gasteiger charge is 2.53. The molecule has 1 heterocycles. The molecule has 0 saturated heterocycles. The second kappa shape index (κ2) is 13.5. The first-order valence-electron chi connectivity index (χ1n) is 16.0. The van der Waals surface area contributed by atoms with Gasteiger partial charge in [0, 0.05) is 25.0 Å². The van der Waals surface area contributed by atoms with E-state index in [1.54, 1.807) is 0 Å². The third-order valence-electron chi connectivity index (χ3n) is 8.78. The summed E-state index contributed by atoms with van der Waals surface area (Å²) in [6, 6.07) is 43.6. The van der Waals surface area contributed by atoms with Gasteiger partial charge in [-0.3, -0.25) is 4.79 Å². The normalized spacial score (nSPS) is 18.3. The Kier molecular flexibility index (Phi) is 8.67. The van der Waals surface area contributed by atoms with Crippen LogP contribution in [-0.2, 0) is 9.53 Å². The minimum atomic E-state index is -1.30. The van der Waals surface area contributed by atoms with E-state index < -0.39 is 11.6 Å². The van der Waals surface area contributed by atoms with Crippen LogP contribution in [0.4, 0.5) is 0 Å². The highest BCUT2D eigenvalue weighted by Crippen LogP contribution is 2.46. The molecule has 6 heteroatoms. The summed E-state index contributed by atoms with van der Waals surface area (Å²) >= 11 is 0. The van der Waals surface area contributed by atoms with E-state index in [9.17, 15) is 4.79 Å². The number of carbonyl (C=O) groups excluding carboxylic acids is 1. The van der Waals surface area contributed by atoms with Crippen molar-refractivity contribution in [3.63, 3.8) is 0 Å². The first-order valence-corrected chi connectivity index (χ1v) is 16.0. The molecular formula is C41H36N2O4. The standard InChI is InChI=1S/C41H36N2O4/c44-27-12-28-46-32-24-22-31(23-25-32)39-43-41(26-11-15-29-13-3-1-4-14-29,38(47-39)30-16-5-2-6-17-30)40(45)42-37-35-20-9-7-18-33(35)34-19-8-10-21-36(34)37/h1-11,13-25,37-38,44H,12,26-28H2,(H,42,45)/b15-11+/t38-,41-/m1/s1. The van der Waals surface area contributed by atoms with E-state index in [-0.39, 0.29) is 18.6 Å². The van der Waals surface area contributed by atoms with Gasteiger partial charge >= 0.3 is 0 Å². The Balaban J connectivity index is 1.30. The fourth-order valence-electron chi connectivity index (χ4n) is 6.45. The van der Waals surface area contributed by atoms with Crippen LogP contribution >= 0.6 is 0 Å². The molecule has 47 heavy (non-hydrogen) atoms. The monoisotopic (exact) mass is 620 g/mol. The first-order chi connectivity index (χ1) is 23.2. The van der Waals surface area contributed by atoms with E-state index in [4.69, 9.17) is 19.6 Å². The maximum absolute atomic E-state index is 15.0. The number of rotatable bonds is 11. The summed E-state index contributed by atoms with van der Waals surface area (Å²) in [5.41, 5.74) is 5.73. The molecule has 0 radical (unpaired) electrons. The Labute approximate surface area is 275 Å². The summed E-state index contributed by atoms with van der Waals surface area (Å²) < 4.78 is 12.4. The average Bonchev–Trinajstić information content (AvgIpc) is 3.67. The van der Waals surface area contributed by atoms with Crippen molar-refractivity contribution in [1.29, 1.82) is 0 Å². The second-order valence-electron chi connectivity index (χ2n) is 11.8. The Bertz CT molecular complexity index is 1860. The molecule has 0 fully saturated rings. The lowest BCUT2D eigenvalue weighted by molar-refractivity contribution is -0.129. The molecule has 0 unspecified atom stereocenters. The van der Waals surface area contributed by atoms with Gasteiger partial charge < -0.3 is 19.9 Å². The van der Waals surface area contributed by atoms with Crippen molar-refractivity contribution in [3.05, 3.63) is 167 Å². The molecule has 0 bridgehead atoms. The van der Waals surface area contributed by atoms with Crippen molar-refractivity contribution < 1.29 is 19.4 Å². The number of aliphatic imine (C=N–C) groups is 1. The molecule has 7 rings (SSSR count). The zero-order valence-electron chi connectivity index (χ0n) is 26.0. The van der Waals surface area contributed by atoms with E-state index in [1.807, 2.05) is 121 Å². The Morgan fingerprint density at radius 2 is 1.43 bits per heavy atom. The minimum Gasteiger partial charge on any atom is -0.494 e. The van der Waals surface area contributed by atoms with Crippen LogP contribution in [0.15, 0.2) is 145 Å². The Hall–Kier alpha value is -5.46. The predicted octanol–water partition coefficient (Wildman–Crippen LogP) is 7.69. The number of hydrogen-bond acceptors (Lipinski definition) is 5. The molecule has 1 aliphatic heterocycles. The molecule has 2 N–H and O–H groups in total. The predicted molar refractivity (Wildman–Crippen MR) is 185 cm³/mol. The van der Waals surface area contributed by atoms with Crippen molar-refractivity contribution in [1.82, 2.24) is 5.32 Å². The lowest BCUT2D eigenvalue weighted by Crippen LogP contribution is -2.49. The average molecular weight is 621 g/mol. The second-order valence-corrected chi connectivity index (χ2v) is 11.8. The molecule has 0 saturated carbocycles. The lowest BCUT2D eigenvalue weighted by Gasteiger charge is -2.31. The van der Waals surface area contributed by atoms with E-state index in [1.165, 1.54) is 0 Å². The van der Waals surface area contributed by atoms with E-state index >= 15 is 0 Å². The van der Waals surface area contributed by atoms with Gasteiger partial charge in [-0.15, -0.1) is 0 Å². The molecule has 5 aromatic rings. The topological polar surface area (TPSA) is 80.2 Å². The third kappa shape index (κ3) is 6.08. The highest BCUT2D eigenvalue weighted by molar-refractivity contribution is 6.01. The van der Waals surface area contributed by atoms with Crippen LogP contribution in [0.2, 0.25) is 0 Å². The van der Waals surface area contributed by atoms with Crippen molar-refractivity contribution in [3.8, 4) is 16.9 Å². The van der Waals surface area contributed by atoms with E-state index in [2.05, 4.69) is 29.6 Å². The number of nitrogens with one attached hydrogen (secondary N) is 1. The van der Waals surface area contributed by atoms with Crippen LogP contribution in [0.25, 0.3) is 17.2 Å². The number of amides is 1. The number of fused-ring (bicyclic) bond motifs is 3. The summed E-state index contributed by atoms with van der Waals surface area (Å²) in [6.45, 7) is 0.498. The lowest BCUT2D eigenvalue weighted by atomic mass is 9.83. The molecule has 2 aliphatic rings. The number of nitrogens with zero attached hydrogens (tertiary/aromatic N) is 1. The number of ether oxygens (including phenoxy) is 2. The van der Waals surface area contributed by atoms with Crippen molar-refractivity contribution >= 4 is 17.9 Å². The van der Waals surface area contributed by atoms with Crippen LogP contribution in [0.1, 0.15) is 52.8 Å². The maximum atomic E-state index is 15.0. The van der Waals surface area contributed by atoms with Crippen molar-refractivity contribution in [2.45, 2.75) is 30.5 Å². The first kappa shape index (κ1) is 30.2. The zero-order chi connectivity index (χ0) is 32.1. The van der Waals surface area contributed by atoms with Gasteiger partial charge in [0.15, 0.2) is 11.6 Å². The van der Waals surface area contributed by atoms with Crippen LogP contribution in [-0.4, -0.2) is 35.7 Å². The number of aliphatic hydroxyl groups is 1. The molecule has 0 spiro atoms. The summed E-state index contributed by atoms with van der Waals surface area (Å²) in [4.78, 5) is 20.2. The number of aliphatic hydroxyl groups excluding tert-OH is 1. The molecule has 1 aliphatic carbocycles. The van der Waals surface area contributed by atoms with Crippen LogP contribution in [0.5, 0.6) is 5.75 Å². The molecule has 0 aromatic heterocycles. The number of benzene rings is 5. The molecule has 1 amide bonds. The van der Waals surface area contributed by atoms with Gasteiger partial charge in [0.2, 0.25) is 5.90 Å². The third-order valence-corrected chi connectivity index (χ3v) is 8.78. The summed E-state index contributed by atoms with van der Waals surface area (Å²) in [7, 11) is 0. The fraction of sp³-hybridized carbons (Fsp3) is 0.171. The van der Waals surface area contributed by atoms with Gasteiger partial charge in [0.05, 0.1) is 12.6 Å². The largest absolute Gasteiger partial charge is 0.494 e. The van der Waals surface area contributed by atoms with Gasteiger partial charge in [0.25, 0.3) is 5.91 Å². The summed E-state index contributed by atoms with van der Waals surface area (Å²) in [5, 5.41) is 12.5. The summed E-state index contributed by atoms with van der Waals surface area (Å²) in [5.74, 6) is 0.879. The van der Waals surface area contributed by atoms with Gasteiger partial charge in [-0.2, -0.15) is 0 Å². The van der Waals surface area contributed by atoms with Crippen molar-refractivity contribution in [2.24, 2.45) is 4.99 Å². The molecule has 6 nitrogen and oxygen atoms in total. The van der Waals surface area contributed by atoms with Gasteiger partial charge in [-0.1, -0.05) is 121 Å². The van der Waals surface area contributed by atoms with Gasteiger partial charge in [0.1, 0.15) is 5.75 Å². The van der Waals surface area contributed by atoms with Gasteiger partial charge in [-0.25, -0.2) is 4.99 Å². The van der Waals surface area contributed by atoms with Crippen molar-refractivity contribution in [2.75, 3.05) is 13.2 Å². The van der Waals surface area contributed by atoms with Crippen LogP contribution in [0.3, 0.4) is 0 Å². The maximum Gasteiger partial charge on any atom is 0.253 e. The highest BCUT2D eigenvalue weighted by atomic mass is 16.5. The SMILES string of the molecule is O=C(NC1c2ccccc2-c2ccccc21)[C@]1(C/C=C/c2ccccc2)N=C(c2ccc(OCCCO)cc2)O[C@@H]1c1ccccc1. The minimum absolute atomic E-state index is 0.0739. The van der Waals surface area contributed by atoms with Crippen LogP contribution in [0, 0.1) is 0 Å². The molecular weight excluding hydrogens is 584 g/mol. The quantitative estimate of drug-likeness (QED) is 0.148. The number of carbonyl (C=O) groups is 1. The number of hydrogen-bond donors (Lipinski definition) is 2. The smallest absolute Gasteiger partial charge is 0.253 e. The van der Waals surface area contributed by atoms with Gasteiger partial charge in [-0.05, 0) is 57.6 Å². The van der Waals surface area contributed by atoms with Crippen LogP contribution < -0.4 is 10.1 Å². The zero-order valence-corrected chi connectivity index (χ0v) is 26.0.